The average molecular weight is 442 g/mol. The van der Waals surface area contributed by atoms with Crippen molar-refractivity contribution < 1.29 is 9.53 Å². The van der Waals surface area contributed by atoms with E-state index in [-0.39, 0.29) is 12.6 Å². The Labute approximate surface area is 192 Å². The normalized spacial score (nSPS) is 25.4. The van der Waals surface area contributed by atoms with Gasteiger partial charge in [0.25, 0.3) is 0 Å². The van der Waals surface area contributed by atoms with E-state index in [9.17, 15) is 4.79 Å². The molecule has 2 bridgehead atoms. The number of anilines is 1. The van der Waals surface area contributed by atoms with Crippen molar-refractivity contribution in [2.45, 2.75) is 32.7 Å². The third-order valence-corrected chi connectivity index (χ3v) is 7.91. The standard InChI is InChI=1S/C28H31NO2Si/c1-32(2,3)15-14-20-4-6-21(7-5-20)19-31-28(30)22-10-12-25(13-11-22)29-17-26-23-8-9-24(16-23)27(26)18-29/h4-13,23-24,26-27H,16-19H2,1-3H3/t23-,24+,26?,27?. The van der Waals surface area contributed by atoms with Gasteiger partial charge in [-0.2, -0.15) is 0 Å². The Balaban J connectivity index is 1.15. The van der Waals surface area contributed by atoms with Crippen LogP contribution < -0.4 is 4.90 Å². The van der Waals surface area contributed by atoms with Gasteiger partial charge in [-0.25, -0.2) is 4.79 Å². The fourth-order valence-electron chi connectivity index (χ4n) is 5.35. The molecule has 5 rings (SSSR count). The summed E-state index contributed by atoms with van der Waals surface area (Å²) in [6, 6.07) is 15.9. The Morgan fingerprint density at radius 3 is 2.19 bits per heavy atom. The number of carbonyl (C=O) groups is 1. The topological polar surface area (TPSA) is 29.5 Å². The second-order valence-electron chi connectivity index (χ2n) is 10.5. The van der Waals surface area contributed by atoms with Crippen LogP contribution in [0, 0.1) is 35.1 Å². The second kappa shape index (κ2) is 8.29. The zero-order valence-corrected chi connectivity index (χ0v) is 20.2. The third-order valence-electron chi connectivity index (χ3n) is 7.04. The molecule has 1 heterocycles. The summed E-state index contributed by atoms with van der Waals surface area (Å²) in [5.74, 6) is 6.15. The summed E-state index contributed by atoms with van der Waals surface area (Å²) < 4.78 is 5.54. The Kier molecular flexibility index (Phi) is 5.47. The van der Waals surface area contributed by atoms with E-state index in [1.165, 1.54) is 12.1 Å². The molecule has 1 saturated carbocycles. The Hall–Kier alpha value is -2.77. The first-order valence-corrected chi connectivity index (χ1v) is 15.2. The third kappa shape index (κ3) is 4.40. The molecule has 1 saturated heterocycles. The van der Waals surface area contributed by atoms with Crippen LogP contribution in [0.25, 0.3) is 0 Å². The number of hydrogen-bond acceptors (Lipinski definition) is 3. The molecule has 164 valence electrons. The van der Waals surface area contributed by atoms with Gasteiger partial charge in [0.1, 0.15) is 14.7 Å². The van der Waals surface area contributed by atoms with Gasteiger partial charge in [-0.3, -0.25) is 0 Å². The summed E-state index contributed by atoms with van der Waals surface area (Å²) in [5.41, 5.74) is 7.17. The van der Waals surface area contributed by atoms with Gasteiger partial charge in [-0.05, 0) is 72.1 Å². The van der Waals surface area contributed by atoms with E-state index in [1.807, 2.05) is 36.4 Å². The molecule has 3 nitrogen and oxygen atoms in total. The summed E-state index contributed by atoms with van der Waals surface area (Å²) in [7, 11) is -1.38. The SMILES string of the molecule is C[Si](C)(C)C#Cc1ccc(COC(=O)c2ccc(N3CC4C(C3)[C@H]3C=C[C@@H]4C3)cc2)cc1. The monoisotopic (exact) mass is 441 g/mol. The maximum absolute atomic E-state index is 12.5. The minimum Gasteiger partial charge on any atom is -0.457 e. The van der Waals surface area contributed by atoms with Crippen LogP contribution in [-0.4, -0.2) is 27.1 Å². The van der Waals surface area contributed by atoms with E-state index in [0.717, 1.165) is 47.9 Å². The number of hydrogen-bond donors (Lipinski definition) is 0. The lowest BCUT2D eigenvalue weighted by atomic mass is 9.86. The van der Waals surface area contributed by atoms with Crippen molar-refractivity contribution in [3.05, 3.63) is 77.4 Å². The average Bonchev–Trinajstić information content (AvgIpc) is 3.50. The van der Waals surface area contributed by atoms with Crippen LogP contribution in [0.4, 0.5) is 5.69 Å². The molecule has 0 aromatic heterocycles. The lowest BCUT2D eigenvalue weighted by Crippen LogP contribution is -2.22. The highest BCUT2D eigenvalue weighted by Gasteiger charge is 2.49. The first-order valence-electron chi connectivity index (χ1n) is 11.7. The molecule has 1 aliphatic heterocycles. The van der Waals surface area contributed by atoms with Crippen LogP contribution in [0.3, 0.4) is 0 Å². The van der Waals surface area contributed by atoms with Crippen molar-refractivity contribution in [2.75, 3.05) is 18.0 Å². The van der Waals surface area contributed by atoms with Crippen LogP contribution in [0.2, 0.25) is 19.6 Å². The van der Waals surface area contributed by atoms with Gasteiger partial charge in [0, 0.05) is 24.3 Å². The highest BCUT2D eigenvalue weighted by molar-refractivity contribution is 6.83. The largest absolute Gasteiger partial charge is 0.457 e. The number of carbonyl (C=O) groups excluding carboxylic acids is 1. The van der Waals surface area contributed by atoms with Gasteiger partial charge in [0.15, 0.2) is 0 Å². The van der Waals surface area contributed by atoms with Crippen molar-refractivity contribution in [1.82, 2.24) is 0 Å². The molecule has 0 spiro atoms. The predicted molar refractivity (Wildman–Crippen MR) is 132 cm³/mol. The molecule has 0 amide bonds. The number of fused-ring (bicyclic) bond motifs is 5. The maximum atomic E-state index is 12.5. The van der Waals surface area contributed by atoms with E-state index in [4.69, 9.17) is 4.74 Å². The minimum absolute atomic E-state index is 0.271. The lowest BCUT2D eigenvalue weighted by Gasteiger charge is -2.21. The van der Waals surface area contributed by atoms with E-state index in [0.29, 0.717) is 5.56 Å². The Morgan fingerprint density at radius 1 is 0.969 bits per heavy atom. The lowest BCUT2D eigenvalue weighted by molar-refractivity contribution is 0.0472. The zero-order valence-electron chi connectivity index (χ0n) is 19.2. The van der Waals surface area contributed by atoms with Crippen LogP contribution in [0.15, 0.2) is 60.7 Å². The van der Waals surface area contributed by atoms with Gasteiger partial charge in [0.05, 0.1) is 5.56 Å². The summed E-state index contributed by atoms with van der Waals surface area (Å²) in [5, 5.41) is 0. The smallest absolute Gasteiger partial charge is 0.338 e. The van der Waals surface area contributed by atoms with Gasteiger partial charge in [0.2, 0.25) is 0 Å². The number of benzene rings is 2. The van der Waals surface area contributed by atoms with Gasteiger partial charge in [-0.15, -0.1) is 5.54 Å². The summed E-state index contributed by atoms with van der Waals surface area (Å²) in [4.78, 5) is 15.0. The van der Waals surface area contributed by atoms with Crippen LogP contribution >= 0.6 is 0 Å². The molecule has 2 aliphatic carbocycles. The van der Waals surface area contributed by atoms with E-state index in [2.05, 4.69) is 60.3 Å². The van der Waals surface area contributed by atoms with E-state index >= 15 is 0 Å². The molecule has 0 radical (unpaired) electrons. The number of allylic oxidation sites excluding steroid dienone is 2. The van der Waals surface area contributed by atoms with Crippen molar-refractivity contribution in [1.29, 1.82) is 0 Å². The summed E-state index contributed by atoms with van der Waals surface area (Å²) in [6.07, 6.45) is 6.23. The molecule has 2 aromatic rings. The molecular formula is C28H31NO2Si. The van der Waals surface area contributed by atoms with Crippen molar-refractivity contribution >= 4 is 19.7 Å². The summed E-state index contributed by atoms with van der Waals surface area (Å²) >= 11 is 0. The second-order valence-corrected chi connectivity index (χ2v) is 15.3. The molecule has 4 atom stereocenters. The molecule has 4 heteroatoms. The predicted octanol–water partition coefficient (Wildman–Crippen LogP) is 5.53. The van der Waals surface area contributed by atoms with Crippen molar-refractivity contribution in [2.24, 2.45) is 23.7 Å². The quantitative estimate of drug-likeness (QED) is 0.270. The minimum atomic E-state index is -1.38. The highest BCUT2D eigenvalue weighted by Crippen LogP contribution is 2.51. The number of ether oxygens (including phenoxy) is 1. The fraction of sp³-hybridized carbons (Fsp3) is 0.393. The van der Waals surface area contributed by atoms with E-state index in [1.54, 1.807) is 0 Å². The number of nitrogens with zero attached hydrogens (tertiary/aromatic N) is 1. The molecule has 2 aromatic carbocycles. The summed E-state index contributed by atoms with van der Waals surface area (Å²) in [6.45, 7) is 9.25. The van der Waals surface area contributed by atoms with Gasteiger partial charge < -0.3 is 9.64 Å². The van der Waals surface area contributed by atoms with Crippen molar-refractivity contribution in [3.8, 4) is 11.5 Å². The Morgan fingerprint density at radius 2 is 1.59 bits per heavy atom. The number of rotatable bonds is 4. The molecule has 32 heavy (non-hydrogen) atoms. The highest BCUT2D eigenvalue weighted by atomic mass is 28.3. The van der Waals surface area contributed by atoms with Gasteiger partial charge >= 0.3 is 5.97 Å². The fourth-order valence-corrected chi connectivity index (χ4v) is 5.87. The number of esters is 1. The first-order chi connectivity index (χ1) is 15.4. The van der Waals surface area contributed by atoms with Crippen LogP contribution in [0.1, 0.15) is 27.9 Å². The molecule has 2 fully saturated rings. The maximum Gasteiger partial charge on any atom is 0.338 e. The first kappa shape index (κ1) is 21.1. The molecular weight excluding hydrogens is 410 g/mol. The molecule has 3 aliphatic rings. The Bertz CT molecular complexity index is 1070. The van der Waals surface area contributed by atoms with Crippen LogP contribution in [-0.2, 0) is 11.3 Å². The van der Waals surface area contributed by atoms with Crippen LogP contribution in [0.5, 0.6) is 0 Å². The zero-order chi connectivity index (χ0) is 22.3. The van der Waals surface area contributed by atoms with Crippen molar-refractivity contribution in [3.63, 3.8) is 0 Å². The molecule has 0 N–H and O–H groups in total. The van der Waals surface area contributed by atoms with E-state index < -0.39 is 8.07 Å². The van der Waals surface area contributed by atoms with Gasteiger partial charge in [-0.1, -0.05) is 49.8 Å². The molecule has 2 unspecified atom stereocenters.